The van der Waals surface area contributed by atoms with Crippen LogP contribution in [-0.2, 0) is 4.79 Å². The summed E-state index contributed by atoms with van der Waals surface area (Å²) in [5, 5.41) is 14.7. The number of aromatic nitrogens is 2. The molecule has 2 aromatic carbocycles. The molecule has 0 radical (unpaired) electrons. The topological polar surface area (TPSA) is 70.2 Å². The molecule has 0 aliphatic carbocycles. The summed E-state index contributed by atoms with van der Waals surface area (Å²) in [4.78, 5) is 14.7. The molecular weight excluding hydrogens is 421 g/mol. The third kappa shape index (κ3) is 5.28. The van der Waals surface area contributed by atoms with Gasteiger partial charge in [0.05, 0.1) is 5.75 Å². The molecule has 1 aliphatic rings. The average molecular weight is 444 g/mol. The number of carbonyl (C=O) groups is 1. The van der Waals surface area contributed by atoms with Crippen molar-refractivity contribution in [2.24, 2.45) is 0 Å². The number of nitrogens with one attached hydrogen (secondary N) is 2. The van der Waals surface area contributed by atoms with E-state index in [9.17, 15) is 9.18 Å². The number of hydrogen-bond acceptors (Lipinski definition) is 7. The maximum atomic E-state index is 13.3. The molecule has 1 aromatic heterocycles. The van der Waals surface area contributed by atoms with Crippen LogP contribution < -0.4 is 15.5 Å². The van der Waals surface area contributed by atoms with Crippen molar-refractivity contribution in [1.82, 2.24) is 10.2 Å². The monoisotopic (exact) mass is 443 g/mol. The minimum atomic E-state index is -0.320. The minimum absolute atomic E-state index is 0.0909. The van der Waals surface area contributed by atoms with Gasteiger partial charge in [0.25, 0.3) is 0 Å². The van der Waals surface area contributed by atoms with Crippen molar-refractivity contribution < 1.29 is 9.18 Å². The normalized spacial score (nSPS) is 13.5. The molecule has 3 aromatic rings. The van der Waals surface area contributed by atoms with E-state index in [1.165, 1.54) is 53.8 Å². The van der Waals surface area contributed by atoms with Gasteiger partial charge in [-0.25, -0.2) is 4.39 Å². The lowest BCUT2D eigenvalue weighted by molar-refractivity contribution is -0.113. The summed E-state index contributed by atoms with van der Waals surface area (Å²) < 4.78 is 13.9. The fourth-order valence-electron chi connectivity index (χ4n) is 3.28. The van der Waals surface area contributed by atoms with Crippen molar-refractivity contribution in [3.8, 4) is 0 Å². The predicted molar refractivity (Wildman–Crippen MR) is 122 cm³/mol. The number of rotatable bonds is 7. The Labute approximate surface area is 182 Å². The molecule has 1 aliphatic heterocycles. The first-order valence-corrected chi connectivity index (χ1v) is 11.5. The van der Waals surface area contributed by atoms with E-state index in [-0.39, 0.29) is 17.5 Å². The van der Waals surface area contributed by atoms with Gasteiger partial charge < -0.3 is 15.5 Å². The molecule has 0 unspecified atom stereocenters. The number of carbonyl (C=O) groups excluding carboxylic acids is 1. The van der Waals surface area contributed by atoms with E-state index in [0.717, 1.165) is 24.3 Å². The van der Waals surface area contributed by atoms with Crippen LogP contribution >= 0.6 is 23.1 Å². The molecule has 0 spiro atoms. The number of benzene rings is 2. The number of halogens is 1. The second-order valence-corrected chi connectivity index (χ2v) is 9.24. The standard InChI is InChI=1S/C21H22FN5OS2/c1-14-11-17(27-9-2-3-10-27)7-8-18(14)24-19(28)13-29-21-26-25-20(30-21)23-16-6-4-5-15(22)12-16/h4-8,11-12H,2-3,9-10,13H2,1H3,(H,23,25)(H,24,28). The predicted octanol–water partition coefficient (Wildman–Crippen LogP) is 5.06. The van der Waals surface area contributed by atoms with Gasteiger partial charge in [-0.05, 0) is 61.7 Å². The number of thioether (sulfide) groups is 1. The SMILES string of the molecule is Cc1cc(N2CCCC2)ccc1NC(=O)CSc1nnc(Nc2cccc(F)c2)s1. The zero-order valence-corrected chi connectivity index (χ0v) is 18.2. The molecule has 9 heteroatoms. The fraction of sp³-hybridized carbons (Fsp3) is 0.286. The van der Waals surface area contributed by atoms with Crippen LogP contribution in [0.5, 0.6) is 0 Å². The van der Waals surface area contributed by atoms with Crippen LogP contribution in [0.1, 0.15) is 18.4 Å². The molecule has 2 heterocycles. The number of anilines is 4. The minimum Gasteiger partial charge on any atom is -0.372 e. The lowest BCUT2D eigenvalue weighted by atomic mass is 10.1. The molecule has 1 amide bonds. The molecule has 30 heavy (non-hydrogen) atoms. The second kappa shape index (κ2) is 9.44. The van der Waals surface area contributed by atoms with E-state index in [0.29, 0.717) is 15.2 Å². The van der Waals surface area contributed by atoms with Crippen LogP contribution in [-0.4, -0.2) is 34.9 Å². The van der Waals surface area contributed by atoms with Crippen molar-refractivity contribution in [3.63, 3.8) is 0 Å². The summed E-state index contributed by atoms with van der Waals surface area (Å²) in [7, 11) is 0. The quantitative estimate of drug-likeness (QED) is 0.498. The number of hydrogen-bond donors (Lipinski definition) is 2. The van der Waals surface area contributed by atoms with Gasteiger partial charge in [0, 0.05) is 30.2 Å². The first kappa shape index (κ1) is 20.6. The van der Waals surface area contributed by atoms with Crippen molar-refractivity contribution >= 4 is 51.2 Å². The Bertz CT molecular complexity index is 1040. The summed E-state index contributed by atoms with van der Waals surface area (Å²) in [5.41, 5.74) is 3.70. The Kier molecular flexibility index (Phi) is 6.49. The van der Waals surface area contributed by atoms with Crippen LogP contribution in [0.3, 0.4) is 0 Å². The zero-order chi connectivity index (χ0) is 20.9. The van der Waals surface area contributed by atoms with E-state index in [2.05, 4.69) is 37.9 Å². The Balaban J connectivity index is 1.29. The van der Waals surface area contributed by atoms with Gasteiger partial charge in [-0.2, -0.15) is 0 Å². The number of aryl methyl sites for hydroxylation is 1. The number of amides is 1. The van der Waals surface area contributed by atoms with E-state index >= 15 is 0 Å². The Morgan fingerprint density at radius 2 is 2.03 bits per heavy atom. The van der Waals surface area contributed by atoms with Crippen molar-refractivity contribution in [2.45, 2.75) is 24.1 Å². The molecular formula is C21H22FN5OS2. The van der Waals surface area contributed by atoms with E-state index in [1.807, 2.05) is 13.0 Å². The maximum Gasteiger partial charge on any atom is 0.234 e. The summed E-state index contributed by atoms with van der Waals surface area (Å²) in [6.07, 6.45) is 2.47. The Morgan fingerprint density at radius 3 is 2.80 bits per heavy atom. The van der Waals surface area contributed by atoms with Crippen LogP contribution in [0, 0.1) is 12.7 Å². The third-order valence-electron chi connectivity index (χ3n) is 4.76. The zero-order valence-electron chi connectivity index (χ0n) is 16.5. The van der Waals surface area contributed by atoms with Crippen LogP contribution in [0.2, 0.25) is 0 Å². The molecule has 0 saturated carbocycles. The molecule has 1 fully saturated rings. The van der Waals surface area contributed by atoms with Gasteiger partial charge in [0.2, 0.25) is 11.0 Å². The van der Waals surface area contributed by atoms with Gasteiger partial charge in [0.1, 0.15) is 5.82 Å². The van der Waals surface area contributed by atoms with Gasteiger partial charge in [-0.1, -0.05) is 29.2 Å². The molecule has 4 rings (SSSR count). The molecule has 0 atom stereocenters. The summed E-state index contributed by atoms with van der Waals surface area (Å²) in [5.74, 6) is -0.173. The molecule has 156 valence electrons. The van der Waals surface area contributed by atoms with Gasteiger partial charge in [0.15, 0.2) is 4.34 Å². The molecule has 1 saturated heterocycles. The smallest absolute Gasteiger partial charge is 0.234 e. The van der Waals surface area contributed by atoms with Gasteiger partial charge in [-0.3, -0.25) is 4.79 Å². The average Bonchev–Trinajstić information content (AvgIpc) is 3.40. The van der Waals surface area contributed by atoms with Crippen LogP contribution in [0.15, 0.2) is 46.8 Å². The highest BCUT2D eigenvalue weighted by atomic mass is 32.2. The van der Waals surface area contributed by atoms with Crippen LogP contribution in [0.4, 0.5) is 26.6 Å². The highest BCUT2D eigenvalue weighted by molar-refractivity contribution is 8.01. The molecule has 6 nitrogen and oxygen atoms in total. The van der Waals surface area contributed by atoms with E-state index in [1.54, 1.807) is 12.1 Å². The number of nitrogens with zero attached hydrogens (tertiary/aromatic N) is 3. The van der Waals surface area contributed by atoms with Crippen molar-refractivity contribution in [2.75, 3.05) is 34.4 Å². The van der Waals surface area contributed by atoms with Gasteiger partial charge in [-0.15, -0.1) is 10.2 Å². The second-order valence-electron chi connectivity index (χ2n) is 7.04. The highest BCUT2D eigenvalue weighted by Crippen LogP contribution is 2.29. The Morgan fingerprint density at radius 1 is 1.20 bits per heavy atom. The lowest BCUT2D eigenvalue weighted by Crippen LogP contribution is -2.18. The molecule has 0 bridgehead atoms. The third-order valence-corrected chi connectivity index (χ3v) is 6.74. The van der Waals surface area contributed by atoms with Crippen molar-refractivity contribution in [1.29, 1.82) is 0 Å². The molecule has 2 N–H and O–H groups in total. The van der Waals surface area contributed by atoms with E-state index in [4.69, 9.17) is 0 Å². The fourth-order valence-corrected chi connectivity index (χ4v) is 4.85. The Hall–Kier alpha value is -2.65. The van der Waals surface area contributed by atoms with Crippen LogP contribution in [0.25, 0.3) is 0 Å². The largest absolute Gasteiger partial charge is 0.372 e. The lowest BCUT2D eigenvalue weighted by Gasteiger charge is -2.19. The first-order valence-electron chi connectivity index (χ1n) is 9.71. The van der Waals surface area contributed by atoms with Gasteiger partial charge >= 0.3 is 0 Å². The summed E-state index contributed by atoms with van der Waals surface area (Å²) in [6, 6.07) is 12.3. The summed E-state index contributed by atoms with van der Waals surface area (Å²) >= 11 is 2.65. The maximum absolute atomic E-state index is 13.3. The summed E-state index contributed by atoms with van der Waals surface area (Å²) in [6.45, 7) is 4.21. The van der Waals surface area contributed by atoms with E-state index < -0.39 is 0 Å². The highest BCUT2D eigenvalue weighted by Gasteiger charge is 2.14. The first-order chi connectivity index (χ1) is 14.6. The van der Waals surface area contributed by atoms with Crippen molar-refractivity contribution in [3.05, 3.63) is 53.8 Å².